The van der Waals surface area contributed by atoms with Crippen molar-refractivity contribution in [3.63, 3.8) is 0 Å². The van der Waals surface area contributed by atoms with Crippen LogP contribution in [0.1, 0.15) is 37.6 Å². The number of carbonyl (C=O) groups excluding carboxylic acids is 1. The Labute approximate surface area is 118 Å². The van der Waals surface area contributed by atoms with Gasteiger partial charge >= 0.3 is 0 Å². The Morgan fingerprint density at radius 1 is 1.32 bits per heavy atom. The average Bonchev–Trinajstić information content (AvgIpc) is 2.23. The third kappa shape index (κ3) is 4.99. The average molecular weight is 286 g/mol. The Kier molecular flexibility index (Phi) is 5.06. The van der Waals surface area contributed by atoms with Crippen LogP contribution in [0.3, 0.4) is 0 Å². The second-order valence-corrected chi connectivity index (χ2v) is 6.36. The van der Waals surface area contributed by atoms with Crippen LogP contribution < -0.4 is 5.32 Å². The molecule has 1 aromatic rings. The van der Waals surface area contributed by atoms with Crippen molar-refractivity contribution in [1.82, 2.24) is 5.32 Å². The summed E-state index contributed by atoms with van der Waals surface area (Å²) in [6.45, 7) is 6.49. The van der Waals surface area contributed by atoms with Gasteiger partial charge in [-0.2, -0.15) is 0 Å². The summed E-state index contributed by atoms with van der Waals surface area (Å²) in [5, 5.41) is 21.5. The van der Waals surface area contributed by atoms with E-state index in [9.17, 15) is 15.0 Å². The molecule has 1 rings (SSSR count). The molecule has 0 bridgehead atoms. The molecule has 0 radical (unpaired) electrons. The highest BCUT2D eigenvalue weighted by atomic mass is 35.5. The third-order valence-electron chi connectivity index (χ3n) is 2.57. The number of carbonyl (C=O) groups is 1. The van der Waals surface area contributed by atoms with Crippen LogP contribution in [-0.4, -0.2) is 28.0 Å². The molecule has 0 aliphatic rings. The highest BCUT2D eigenvalue weighted by molar-refractivity contribution is 6.21. The number of amides is 1. The molecule has 106 valence electrons. The SMILES string of the molecule is CC(C)(C)CC(Cl)CNC(=O)c1c(O)cccc1O. The molecule has 0 aliphatic heterocycles. The largest absolute Gasteiger partial charge is 0.507 e. The van der Waals surface area contributed by atoms with E-state index in [4.69, 9.17) is 11.6 Å². The molecular weight excluding hydrogens is 266 g/mol. The Balaban J connectivity index is 2.61. The number of hydrogen-bond donors (Lipinski definition) is 3. The summed E-state index contributed by atoms with van der Waals surface area (Å²) in [5.74, 6) is -1.03. The lowest BCUT2D eigenvalue weighted by atomic mass is 9.90. The van der Waals surface area contributed by atoms with Crippen molar-refractivity contribution < 1.29 is 15.0 Å². The molecule has 3 N–H and O–H groups in total. The van der Waals surface area contributed by atoms with Crippen LogP contribution >= 0.6 is 11.6 Å². The number of hydrogen-bond acceptors (Lipinski definition) is 3. The van der Waals surface area contributed by atoms with E-state index >= 15 is 0 Å². The van der Waals surface area contributed by atoms with E-state index < -0.39 is 5.91 Å². The Morgan fingerprint density at radius 3 is 2.32 bits per heavy atom. The quantitative estimate of drug-likeness (QED) is 0.745. The molecule has 0 aromatic heterocycles. The summed E-state index contributed by atoms with van der Waals surface area (Å²) in [5.41, 5.74) is -0.0455. The van der Waals surface area contributed by atoms with E-state index in [0.717, 1.165) is 6.42 Å². The van der Waals surface area contributed by atoms with Gasteiger partial charge < -0.3 is 15.5 Å². The van der Waals surface area contributed by atoms with E-state index in [1.54, 1.807) is 0 Å². The maximum absolute atomic E-state index is 11.9. The fourth-order valence-corrected chi connectivity index (χ4v) is 2.33. The van der Waals surface area contributed by atoms with Gasteiger partial charge in [0.15, 0.2) is 0 Å². The molecule has 1 aromatic carbocycles. The van der Waals surface area contributed by atoms with E-state index in [1.165, 1.54) is 18.2 Å². The number of alkyl halides is 1. The van der Waals surface area contributed by atoms with E-state index in [0.29, 0.717) is 0 Å². The van der Waals surface area contributed by atoms with Crippen molar-refractivity contribution in [2.45, 2.75) is 32.6 Å². The lowest BCUT2D eigenvalue weighted by Gasteiger charge is -2.22. The van der Waals surface area contributed by atoms with E-state index in [-0.39, 0.29) is 34.4 Å². The molecule has 19 heavy (non-hydrogen) atoms. The van der Waals surface area contributed by atoms with Gasteiger partial charge in [-0.25, -0.2) is 0 Å². The van der Waals surface area contributed by atoms with Crippen LogP contribution in [0.4, 0.5) is 0 Å². The fraction of sp³-hybridized carbons (Fsp3) is 0.500. The Bertz CT molecular complexity index is 434. The summed E-state index contributed by atoms with van der Waals surface area (Å²) in [6.07, 6.45) is 0.752. The normalized spacial score (nSPS) is 13.1. The van der Waals surface area contributed by atoms with Crippen molar-refractivity contribution in [1.29, 1.82) is 0 Å². The van der Waals surface area contributed by atoms with Gasteiger partial charge in [0.05, 0.1) is 5.38 Å². The maximum Gasteiger partial charge on any atom is 0.258 e. The molecule has 4 nitrogen and oxygen atoms in total. The molecule has 0 saturated heterocycles. The Morgan fingerprint density at radius 2 is 1.84 bits per heavy atom. The summed E-state index contributed by atoms with van der Waals surface area (Å²) >= 11 is 6.14. The second kappa shape index (κ2) is 6.15. The third-order valence-corrected chi connectivity index (χ3v) is 2.87. The van der Waals surface area contributed by atoms with Gasteiger partial charge in [0, 0.05) is 6.54 Å². The number of halogens is 1. The zero-order valence-corrected chi connectivity index (χ0v) is 12.2. The number of benzene rings is 1. The maximum atomic E-state index is 11.9. The molecule has 0 aliphatic carbocycles. The van der Waals surface area contributed by atoms with Crippen LogP contribution in [0.2, 0.25) is 0 Å². The highest BCUT2D eigenvalue weighted by Crippen LogP contribution is 2.26. The zero-order valence-electron chi connectivity index (χ0n) is 11.4. The van der Waals surface area contributed by atoms with Crippen LogP contribution in [0, 0.1) is 5.41 Å². The van der Waals surface area contributed by atoms with Crippen LogP contribution in [0.5, 0.6) is 11.5 Å². The minimum absolute atomic E-state index is 0.0775. The van der Waals surface area contributed by atoms with Crippen molar-refractivity contribution >= 4 is 17.5 Å². The fourth-order valence-electron chi connectivity index (χ4n) is 1.79. The molecule has 0 spiro atoms. The standard InChI is InChI=1S/C14H20ClNO3/c1-14(2,3)7-9(15)8-16-13(19)12-10(17)5-4-6-11(12)18/h4-6,9,17-18H,7-8H2,1-3H3,(H,16,19). The summed E-state index contributed by atoms with van der Waals surface area (Å²) in [7, 11) is 0. The molecule has 5 heteroatoms. The van der Waals surface area contributed by atoms with Gasteiger partial charge in [-0.1, -0.05) is 26.8 Å². The van der Waals surface area contributed by atoms with Crippen LogP contribution in [0.15, 0.2) is 18.2 Å². The van der Waals surface area contributed by atoms with Gasteiger partial charge in [-0.15, -0.1) is 11.6 Å². The molecular formula is C14H20ClNO3. The monoisotopic (exact) mass is 285 g/mol. The smallest absolute Gasteiger partial charge is 0.258 e. The minimum Gasteiger partial charge on any atom is -0.507 e. The van der Waals surface area contributed by atoms with Crippen molar-refractivity contribution in [2.75, 3.05) is 6.54 Å². The highest BCUT2D eigenvalue weighted by Gasteiger charge is 2.20. The molecule has 0 heterocycles. The predicted molar refractivity (Wildman–Crippen MR) is 75.8 cm³/mol. The van der Waals surface area contributed by atoms with Crippen molar-refractivity contribution in [3.8, 4) is 11.5 Å². The van der Waals surface area contributed by atoms with Crippen molar-refractivity contribution in [3.05, 3.63) is 23.8 Å². The predicted octanol–water partition coefficient (Wildman–Crippen LogP) is 2.87. The first kappa shape index (κ1) is 15.6. The summed E-state index contributed by atoms with van der Waals surface area (Å²) in [6, 6.07) is 4.16. The van der Waals surface area contributed by atoms with E-state index in [2.05, 4.69) is 26.1 Å². The van der Waals surface area contributed by atoms with Gasteiger partial charge in [0.1, 0.15) is 17.1 Å². The Hall–Kier alpha value is -1.42. The minimum atomic E-state index is -0.532. The van der Waals surface area contributed by atoms with Crippen LogP contribution in [-0.2, 0) is 0 Å². The van der Waals surface area contributed by atoms with Gasteiger partial charge in [0.25, 0.3) is 5.91 Å². The van der Waals surface area contributed by atoms with Crippen molar-refractivity contribution in [2.24, 2.45) is 5.41 Å². The zero-order chi connectivity index (χ0) is 14.6. The summed E-state index contributed by atoms with van der Waals surface area (Å²) in [4.78, 5) is 11.9. The van der Waals surface area contributed by atoms with Crippen LogP contribution in [0.25, 0.3) is 0 Å². The first-order chi connectivity index (χ1) is 8.70. The van der Waals surface area contributed by atoms with Gasteiger partial charge in [-0.3, -0.25) is 4.79 Å². The topological polar surface area (TPSA) is 69.6 Å². The first-order valence-electron chi connectivity index (χ1n) is 6.14. The molecule has 1 atom stereocenters. The van der Waals surface area contributed by atoms with Gasteiger partial charge in [-0.05, 0) is 24.0 Å². The number of phenolic OH excluding ortho intramolecular Hbond substituents is 2. The lowest BCUT2D eigenvalue weighted by molar-refractivity contribution is 0.0946. The number of nitrogens with one attached hydrogen (secondary N) is 1. The second-order valence-electron chi connectivity index (χ2n) is 5.74. The first-order valence-corrected chi connectivity index (χ1v) is 6.57. The number of aromatic hydroxyl groups is 2. The lowest BCUT2D eigenvalue weighted by Crippen LogP contribution is -2.31. The molecule has 0 saturated carbocycles. The molecule has 1 amide bonds. The number of rotatable bonds is 4. The molecule has 1 unspecified atom stereocenters. The summed E-state index contributed by atoms with van der Waals surface area (Å²) < 4.78 is 0. The van der Waals surface area contributed by atoms with Gasteiger partial charge in [0.2, 0.25) is 0 Å². The molecule has 0 fully saturated rings. The van der Waals surface area contributed by atoms with E-state index in [1.807, 2.05) is 0 Å². The number of phenols is 2.